The third kappa shape index (κ3) is 3.00. The molecule has 1 aromatic heterocycles. The SMILES string of the molecule is Cc1ccc(NC(=O)c2cccnc2Cl)cc1I. The van der Waals surface area contributed by atoms with E-state index in [4.69, 9.17) is 11.6 Å². The number of amides is 1. The fourth-order valence-electron chi connectivity index (χ4n) is 1.42. The molecule has 5 heteroatoms. The highest BCUT2D eigenvalue weighted by Crippen LogP contribution is 2.19. The van der Waals surface area contributed by atoms with Crippen LogP contribution >= 0.6 is 34.2 Å². The van der Waals surface area contributed by atoms with Crippen LogP contribution in [-0.4, -0.2) is 10.9 Å². The number of anilines is 1. The summed E-state index contributed by atoms with van der Waals surface area (Å²) in [5.74, 6) is -0.257. The molecule has 92 valence electrons. The standard InChI is InChI=1S/C13H10ClIN2O/c1-8-4-5-9(7-11(8)15)17-13(18)10-3-2-6-16-12(10)14/h2-7H,1H3,(H,17,18). The summed E-state index contributed by atoms with van der Waals surface area (Å²) in [5, 5.41) is 3.00. The van der Waals surface area contributed by atoms with Gasteiger partial charge in [0.05, 0.1) is 5.56 Å². The highest BCUT2D eigenvalue weighted by molar-refractivity contribution is 14.1. The van der Waals surface area contributed by atoms with Crippen molar-refractivity contribution in [1.29, 1.82) is 0 Å². The Bertz CT molecular complexity index is 601. The molecule has 2 rings (SSSR count). The van der Waals surface area contributed by atoms with Crippen molar-refractivity contribution in [3.05, 3.63) is 56.4 Å². The molecule has 1 N–H and O–H groups in total. The highest BCUT2D eigenvalue weighted by atomic mass is 127. The Morgan fingerprint density at radius 2 is 2.17 bits per heavy atom. The molecule has 0 spiro atoms. The summed E-state index contributed by atoms with van der Waals surface area (Å²) in [4.78, 5) is 15.9. The normalized spacial score (nSPS) is 10.2. The number of aromatic nitrogens is 1. The second-order valence-electron chi connectivity index (χ2n) is 3.76. The van der Waals surface area contributed by atoms with Crippen molar-refractivity contribution in [3.63, 3.8) is 0 Å². The molecule has 2 aromatic rings. The Morgan fingerprint density at radius 3 is 2.83 bits per heavy atom. The summed E-state index contributed by atoms with van der Waals surface area (Å²) >= 11 is 8.10. The van der Waals surface area contributed by atoms with Gasteiger partial charge in [-0.15, -0.1) is 0 Å². The molecule has 0 unspecified atom stereocenters. The molecule has 1 heterocycles. The molecule has 0 saturated heterocycles. The van der Waals surface area contributed by atoms with Crippen LogP contribution in [0.4, 0.5) is 5.69 Å². The fourth-order valence-corrected chi connectivity index (χ4v) is 2.14. The van der Waals surface area contributed by atoms with Gasteiger partial charge in [-0.1, -0.05) is 17.7 Å². The molecule has 0 radical (unpaired) electrons. The molecule has 0 saturated carbocycles. The maximum absolute atomic E-state index is 12.0. The van der Waals surface area contributed by atoms with Gasteiger partial charge in [-0.2, -0.15) is 0 Å². The molecule has 1 aromatic carbocycles. The first kappa shape index (κ1) is 13.3. The minimum absolute atomic E-state index is 0.205. The molecule has 0 fully saturated rings. The molecular weight excluding hydrogens is 363 g/mol. The molecule has 0 aliphatic heterocycles. The van der Waals surface area contributed by atoms with Gasteiger partial charge < -0.3 is 5.32 Å². The summed E-state index contributed by atoms with van der Waals surface area (Å²) < 4.78 is 1.10. The number of carbonyl (C=O) groups is 1. The van der Waals surface area contributed by atoms with Crippen molar-refractivity contribution in [2.45, 2.75) is 6.92 Å². The van der Waals surface area contributed by atoms with Crippen LogP contribution in [0, 0.1) is 10.5 Å². The van der Waals surface area contributed by atoms with Gasteiger partial charge in [0.2, 0.25) is 0 Å². The lowest BCUT2D eigenvalue weighted by atomic mass is 10.2. The van der Waals surface area contributed by atoms with Crippen LogP contribution < -0.4 is 5.32 Å². The van der Waals surface area contributed by atoms with Crippen molar-refractivity contribution in [2.75, 3.05) is 5.32 Å². The lowest BCUT2D eigenvalue weighted by molar-refractivity contribution is 0.102. The first-order chi connectivity index (χ1) is 8.58. The van der Waals surface area contributed by atoms with Crippen LogP contribution in [0.15, 0.2) is 36.5 Å². The monoisotopic (exact) mass is 372 g/mol. The van der Waals surface area contributed by atoms with Crippen molar-refractivity contribution >= 4 is 45.8 Å². The second-order valence-corrected chi connectivity index (χ2v) is 5.28. The minimum Gasteiger partial charge on any atom is -0.322 e. The Labute approximate surface area is 124 Å². The quantitative estimate of drug-likeness (QED) is 0.642. The van der Waals surface area contributed by atoms with E-state index in [-0.39, 0.29) is 11.1 Å². The van der Waals surface area contributed by atoms with Gasteiger partial charge in [0, 0.05) is 15.5 Å². The average Bonchev–Trinajstić information content (AvgIpc) is 2.34. The summed E-state index contributed by atoms with van der Waals surface area (Å²) in [6.45, 7) is 2.02. The van der Waals surface area contributed by atoms with E-state index in [1.54, 1.807) is 18.3 Å². The number of pyridine rings is 1. The lowest BCUT2D eigenvalue weighted by Crippen LogP contribution is -2.13. The van der Waals surface area contributed by atoms with E-state index in [2.05, 4.69) is 32.9 Å². The minimum atomic E-state index is -0.257. The van der Waals surface area contributed by atoms with Gasteiger partial charge in [0.15, 0.2) is 0 Å². The van der Waals surface area contributed by atoms with Crippen molar-refractivity contribution < 1.29 is 4.79 Å². The first-order valence-corrected chi connectivity index (χ1v) is 6.71. The molecule has 3 nitrogen and oxygen atoms in total. The molecular formula is C13H10ClIN2O. The topological polar surface area (TPSA) is 42.0 Å². The molecule has 0 bridgehead atoms. The molecule has 0 aliphatic carbocycles. The van der Waals surface area contributed by atoms with Gasteiger partial charge in [-0.25, -0.2) is 4.98 Å². The zero-order valence-corrected chi connectivity index (χ0v) is 12.5. The van der Waals surface area contributed by atoms with E-state index in [1.807, 2.05) is 25.1 Å². The molecule has 0 atom stereocenters. The Morgan fingerprint density at radius 1 is 1.39 bits per heavy atom. The van der Waals surface area contributed by atoms with Crippen molar-refractivity contribution in [3.8, 4) is 0 Å². The predicted molar refractivity (Wildman–Crippen MR) is 81.1 cm³/mol. The molecule has 0 aliphatic rings. The van der Waals surface area contributed by atoms with E-state index in [9.17, 15) is 4.79 Å². The number of nitrogens with zero attached hydrogens (tertiary/aromatic N) is 1. The number of carbonyl (C=O) groups excluding carboxylic acids is 1. The smallest absolute Gasteiger partial charge is 0.258 e. The maximum atomic E-state index is 12.0. The van der Waals surface area contributed by atoms with E-state index in [1.165, 1.54) is 5.56 Å². The van der Waals surface area contributed by atoms with Crippen molar-refractivity contribution in [2.24, 2.45) is 0 Å². The molecule has 18 heavy (non-hydrogen) atoms. The number of rotatable bonds is 2. The first-order valence-electron chi connectivity index (χ1n) is 5.26. The number of halogens is 2. The van der Waals surface area contributed by atoms with E-state index in [0.29, 0.717) is 5.56 Å². The third-order valence-corrected chi connectivity index (χ3v) is 3.90. The van der Waals surface area contributed by atoms with Gasteiger partial charge in [0.1, 0.15) is 5.15 Å². The summed E-state index contributed by atoms with van der Waals surface area (Å²) in [7, 11) is 0. The van der Waals surface area contributed by atoms with Gasteiger partial charge in [-0.05, 0) is 59.3 Å². The average molecular weight is 373 g/mol. The Balaban J connectivity index is 2.22. The molecule has 1 amide bonds. The maximum Gasteiger partial charge on any atom is 0.258 e. The summed E-state index contributed by atoms with van der Waals surface area (Å²) in [5.41, 5.74) is 2.29. The summed E-state index contributed by atoms with van der Waals surface area (Å²) in [6.07, 6.45) is 1.55. The number of nitrogens with one attached hydrogen (secondary N) is 1. The zero-order valence-electron chi connectivity index (χ0n) is 9.58. The number of aryl methyl sites for hydroxylation is 1. The van der Waals surface area contributed by atoms with Crippen LogP contribution in [0.2, 0.25) is 5.15 Å². The second kappa shape index (κ2) is 5.67. The predicted octanol–water partition coefficient (Wildman–Crippen LogP) is 3.90. The largest absolute Gasteiger partial charge is 0.322 e. The van der Waals surface area contributed by atoms with Crippen LogP contribution in [0.5, 0.6) is 0 Å². The fraction of sp³-hybridized carbons (Fsp3) is 0.0769. The van der Waals surface area contributed by atoms with E-state index in [0.717, 1.165) is 9.26 Å². The van der Waals surface area contributed by atoms with E-state index < -0.39 is 0 Å². The van der Waals surface area contributed by atoms with Crippen LogP contribution in [0.3, 0.4) is 0 Å². The van der Waals surface area contributed by atoms with Crippen LogP contribution in [0.25, 0.3) is 0 Å². The van der Waals surface area contributed by atoms with Gasteiger partial charge in [0.25, 0.3) is 5.91 Å². The zero-order chi connectivity index (χ0) is 13.1. The van der Waals surface area contributed by atoms with E-state index >= 15 is 0 Å². The number of hydrogen-bond donors (Lipinski definition) is 1. The van der Waals surface area contributed by atoms with Crippen LogP contribution in [0.1, 0.15) is 15.9 Å². The summed E-state index contributed by atoms with van der Waals surface area (Å²) in [6, 6.07) is 9.06. The lowest BCUT2D eigenvalue weighted by Gasteiger charge is -2.07. The third-order valence-electron chi connectivity index (χ3n) is 2.43. The highest BCUT2D eigenvalue weighted by Gasteiger charge is 2.11. The Hall–Kier alpha value is -1.14. The van der Waals surface area contributed by atoms with Crippen molar-refractivity contribution in [1.82, 2.24) is 4.98 Å². The van der Waals surface area contributed by atoms with Crippen LogP contribution in [-0.2, 0) is 0 Å². The van der Waals surface area contributed by atoms with Gasteiger partial charge >= 0.3 is 0 Å². The Kier molecular flexibility index (Phi) is 4.19. The van der Waals surface area contributed by atoms with Gasteiger partial charge in [-0.3, -0.25) is 4.79 Å². The number of benzene rings is 1. The number of hydrogen-bond acceptors (Lipinski definition) is 2.